The second-order valence-corrected chi connectivity index (χ2v) is 8.63. The second kappa shape index (κ2) is 8.53. The molecule has 0 spiro atoms. The number of carbonyl (C=O) groups is 1. The summed E-state index contributed by atoms with van der Waals surface area (Å²) in [6.07, 6.45) is 1.28. The number of hydrogen-bond donors (Lipinski definition) is 1. The van der Waals surface area contributed by atoms with Crippen LogP contribution < -0.4 is 29.3 Å². The Kier molecular flexibility index (Phi) is 5.21. The van der Waals surface area contributed by atoms with Crippen LogP contribution in [0.5, 0.6) is 17.4 Å². The molecule has 1 amide bonds. The minimum absolute atomic E-state index is 0.199. The van der Waals surface area contributed by atoms with E-state index in [-0.39, 0.29) is 19.0 Å². The van der Waals surface area contributed by atoms with E-state index in [1.165, 1.54) is 0 Å². The molecule has 2 aromatic heterocycles. The van der Waals surface area contributed by atoms with Gasteiger partial charge in [-0.3, -0.25) is 9.88 Å². The third-order valence-electron chi connectivity index (χ3n) is 6.39. The van der Waals surface area contributed by atoms with Crippen LogP contribution in [0.4, 0.5) is 16.2 Å². The van der Waals surface area contributed by atoms with Gasteiger partial charge in [-0.2, -0.15) is 0 Å². The number of nitrogens with zero attached hydrogens (tertiary/aromatic N) is 4. The number of benzene rings is 1. The highest BCUT2D eigenvalue weighted by Gasteiger charge is 2.34. The summed E-state index contributed by atoms with van der Waals surface area (Å²) in [5.74, 6) is 2.44. The number of carbonyl (C=O) groups excluding carboxylic acids is 1. The number of fused-ring (bicyclic) bond motifs is 2. The number of amides is 1. The van der Waals surface area contributed by atoms with Crippen molar-refractivity contribution < 1.29 is 23.7 Å². The van der Waals surface area contributed by atoms with E-state index in [4.69, 9.17) is 18.9 Å². The van der Waals surface area contributed by atoms with Crippen LogP contribution in [0.15, 0.2) is 42.6 Å². The number of cyclic esters (lactones) is 1. The Labute approximate surface area is 196 Å². The lowest BCUT2D eigenvalue weighted by molar-refractivity contribution is 0.139. The largest absolute Gasteiger partial charge is 0.481 e. The Hall–Kier alpha value is -3.79. The third kappa shape index (κ3) is 3.79. The summed E-state index contributed by atoms with van der Waals surface area (Å²) in [6, 6.07) is 11.2. The SMILES string of the molecule is COc1ccc2nccc(N3CC(CNC[C@@H]4CN(c5ccc6c(c5)OCO6)C(=O)O4)C3)c2n1. The van der Waals surface area contributed by atoms with Gasteiger partial charge < -0.3 is 29.2 Å². The number of rotatable bonds is 7. The molecule has 10 nitrogen and oxygen atoms in total. The van der Waals surface area contributed by atoms with E-state index in [0.29, 0.717) is 36.4 Å². The molecule has 0 bridgehead atoms. The van der Waals surface area contributed by atoms with E-state index in [9.17, 15) is 4.79 Å². The van der Waals surface area contributed by atoms with Gasteiger partial charge in [0.15, 0.2) is 11.5 Å². The lowest BCUT2D eigenvalue weighted by atomic mass is 9.99. The summed E-state index contributed by atoms with van der Waals surface area (Å²) in [5, 5.41) is 3.47. The molecular formula is C24H25N5O5. The molecule has 1 N–H and O–H groups in total. The second-order valence-electron chi connectivity index (χ2n) is 8.63. The van der Waals surface area contributed by atoms with Crippen molar-refractivity contribution in [3.8, 4) is 17.4 Å². The van der Waals surface area contributed by atoms with Gasteiger partial charge >= 0.3 is 6.09 Å². The average Bonchev–Trinajstić information content (AvgIpc) is 3.45. The van der Waals surface area contributed by atoms with E-state index in [1.54, 1.807) is 12.0 Å². The minimum atomic E-state index is -0.340. The quantitative estimate of drug-likeness (QED) is 0.566. The number of hydrogen-bond acceptors (Lipinski definition) is 9. The van der Waals surface area contributed by atoms with Crippen molar-refractivity contribution in [3.05, 3.63) is 42.6 Å². The van der Waals surface area contributed by atoms with Gasteiger partial charge in [-0.15, -0.1) is 0 Å². The fourth-order valence-electron chi connectivity index (χ4n) is 4.60. The van der Waals surface area contributed by atoms with Gasteiger partial charge in [-0.1, -0.05) is 0 Å². The van der Waals surface area contributed by atoms with Gasteiger partial charge in [0, 0.05) is 50.4 Å². The van der Waals surface area contributed by atoms with E-state index < -0.39 is 0 Å². The lowest BCUT2D eigenvalue weighted by Crippen LogP contribution is -2.51. The maximum absolute atomic E-state index is 12.4. The number of anilines is 2. The molecule has 2 saturated heterocycles. The maximum atomic E-state index is 12.4. The van der Waals surface area contributed by atoms with Gasteiger partial charge in [0.25, 0.3) is 0 Å². The molecule has 0 aliphatic carbocycles. The summed E-state index contributed by atoms with van der Waals surface area (Å²) in [4.78, 5) is 25.3. The Bertz CT molecular complexity index is 1230. The number of ether oxygens (including phenoxy) is 4. The van der Waals surface area contributed by atoms with Crippen molar-refractivity contribution in [2.24, 2.45) is 5.92 Å². The number of methoxy groups -OCH3 is 1. The van der Waals surface area contributed by atoms with Crippen molar-refractivity contribution in [3.63, 3.8) is 0 Å². The van der Waals surface area contributed by atoms with E-state index in [0.717, 1.165) is 42.0 Å². The summed E-state index contributed by atoms with van der Waals surface area (Å²) in [7, 11) is 1.62. The summed E-state index contributed by atoms with van der Waals surface area (Å²) in [6.45, 7) is 4.03. The zero-order valence-corrected chi connectivity index (χ0v) is 18.8. The van der Waals surface area contributed by atoms with Crippen molar-refractivity contribution in [2.45, 2.75) is 6.10 Å². The van der Waals surface area contributed by atoms with Gasteiger partial charge in [0.2, 0.25) is 12.7 Å². The molecule has 3 aliphatic rings. The highest BCUT2D eigenvalue weighted by molar-refractivity contribution is 5.90. The van der Waals surface area contributed by atoms with Gasteiger partial charge in [0.1, 0.15) is 11.6 Å². The lowest BCUT2D eigenvalue weighted by Gasteiger charge is -2.41. The van der Waals surface area contributed by atoms with Gasteiger partial charge in [-0.05, 0) is 24.3 Å². The van der Waals surface area contributed by atoms with Crippen molar-refractivity contribution in [1.82, 2.24) is 15.3 Å². The highest BCUT2D eigenvalue weighted by Crippen LogP contribution is 2.36. The first-order valence-corrected chi connectivity index (χ1v) is 11.3. The highest BCUT2D eigenvalue weighted by atomic mass is 16.7. The van der Waals surface area contributed by atoms with Crippen LogP contribution in [-0.2, 0) is 4.74 Å². The van der Waals surface area contributed by atoms with Crippen molar-refractivity contribution >= 4 is 28.5 Å². The molecule has 2 fully saturated rings. The average molecular weight is 463 g/mol. The molecule has 6 rings (SSSR count). The van der Waals surface area contributed by atoms with Crippen LogP contribution in [0.3, 0.4) is 0 Å². The predicted octanol–water partition coefficient (Wildman–Crippen LogP) is 2.42. The molecular weight excluding hydrogens is 438 g/mol. The van der Waals surface area contributed by atoms with Crippen LogP contribution in [0.2, 0.25) is 0 Å². The Balaban J connectivity index is 1.00. The fraction of sp³-hybridized carbons (Fsp3) is 0.375. The molecule has 3 aliphatic heterocycles. The summed E-state index contributed by atoms with van der Waals surface area (Å²) < 4.78 is 21.6. The Morgan fingerprint density at radius 2 is 1.97 bits per heavy atom. The fourth-order valence-corrected chi connectivity index (χ4v) is 4.60. The zero-order chi connectivity index (χ0) is 23.1. The Morgan fingerprint density at radius 3 is 2.85 bits per heavy atom. The molecule has 3 aromatic rings. The summed E-state index contributed by atoms with van der Waals surface area (Å²) in [5.41, 5.74) is 3.54. The molecule has 1 aromatic carbocycles. The third-order valence-corrected chi connectivity index (χ3v) is 6.39. The van der Waals surface area contributed by atoms with Gasteiger partial charge in [-0.25, -0.2) is 9.78 Å². The van der Waals surface area contributed by atoms with Crippen LogP contribution in [0.1, 0.15) is 0 Å². The first-order valence-electron chi connectivity index (χ1n) is 11.3. The topological polar surface area (TPSA) is 98.3 Å². The maximum Gasteiger partial charge on any atom is 0.414 e. The number of pyridine rings is 2. The zero-order valence-electron chi connectivity index (χ0n) is 18.8. The van der Waals surface area contributed by atoms with Crippen LogP contribution in [-0.4, -0.2) is 68.8 Å². The standard InChI is InChI=1S/C24H25N5O5/c1-31-22-5-3-18-23(27-22)19(6-7-26-18)28-11-15(12-28)9-25-10-17-13-29(24(30)34-17)16-2-4-20-21(8-16)33-14-32-20/h2-8,15,17,25H,9-14H2,1H3/t17-/m1/s1. The molecule has 5 heterocycles. The normalized spacial score (nSPS) is 19.4. The minimum Gasteiger partial charge on any atom is -0.481 e. The van der Waals surface area contributed by atoms with Gasteiger partial charge in [0.05, 0.1) is 30.5 Å². The van der Waals surface area contributed by atoms with Crippen LogP contribution in [0.25, 0.3) is 11.0 Å². The number of aromatic nitrogens is 2. The van der Waals surface area contributed by atoms with Crippen molar-refractivity contribution in [2.75, 3.05) is 56.4 Å². The monoisotopic (exact) mass is 463 g/mol. The molecule has 0 radical (unpaired) electrons. The van der Waals surface area contributed by atoms with E-state index in [2.05, 4.69) is 20.2 Å². The molecule has 10 heteroatoms. The molecule has 34 heavy (non-hydrogen) atoms. The first-order chi connectivity index (χ1) is 16.7. The van der Waals surface area contributed by atoms with E-state index >= 15 is 0 Å². The van der Waals surface area contributed by atoms with E-state index in [1.807, 2.05) is 42.6 Å². The molecule has 0 unspecified atom stereocenters. The van der Waals surface area contributed by atoms with Crippen LogP contribution >= 0.6 is 0 Å². The van der Waals surface area contributed by atoms with Crippen LogP contribution in [0, 0.1) is 5.92 Å². The Morgan fingerprint density at radius 1 is 1.09 bits per heavy atom. The summed E-state index contributed by atoms with van der Waals surface area (Å²) >= 11 is 0. The van der Waals surface area contributed by atoms with Crippen molar-refractivity contribution in [1.29, 1.82) is 0 Å². The predicted molar refractivity (Wildman–Crippen MR) is 125 cm³/mol. The first kappa shape index (κ1) is 20.8. The molecule has 176 valence electrons. The number of nitrogens with one attached hydrogen (secondary N) is 1. The smallest absolute Gasteiger partial charge is 0.414 e. The molecule has 1 atom stereocenters. The molecule has 0 saturated carbocycles.